The number of piperidine rings is 1. The van der Waals surface area contributed by atoms with E-state index >= 15 is 0 Å². The smallest absolute Gasteiger partial charge is 0.324 e. The third kappa shape index (κ3) is 2.21. The summed E-state index contributed by atoms with van der Waals surface area (Å²) in [6.45, 7) is 1.63. The summed E-state index contributed by atoms with van der Waals surface area (Å²) in [7, 11) is 0. The van der Waals surface area contributed by atoms with Crippen molar-refractivity contribution in [1.82, 2.24) is 4.90 Å². The van der Waals surface area contributed by atoms with Crippen molar-refractivity contribution in [2.45, 2.75) is 37.3 Å². The Morgan fingerprint density at radius 3 is 2.88 bits per heavy atom. The zero-order valence-corrected chi connectivity index (χ0v) is 10.3. The minimum Gasteiger partial charge on any atom is -0.480 e. The van der Waals surface area contributed by atoms with Crippen LogP contribution in [0.15, 0.2) is 0 Å². The number of carboxylic acids is 1. The van der Waals surface area contributed by atoms with Crippen LogP contribution in [0.2, 0.25) is 0 Å². The lowest BCUT2D eigenvalue weighted by Gasteiger charge is -2.45. The van der Waals surface area contributed by atoms with Crippen molar-refractivity contribution in [3.05, 3.63) is 0 Å². The fraction of sp³-hybridized carbons (Fsp3) is 0.909. The lowest BCUT2D eigenvalue weighted by atomic mass is 9.90. The average molecular weight is 244 g/mol. The molecule has 0 aromatic rings. The number of nitrogens with zero attached hydrogens (tertiary/aromatic N) is 1. The molecule has 0 saturated carbocycles. The highest BCUT2D eigenvalue weighted by Gasteiger charge is 2.46. The zero-order valence-electron chi connectivity index (χ0n) is 9.52. The van der Waals surface area contributed by atoms with E-state index < -0.39 is 11.5 Å². The summed E-state index contributed by atoms with van der Waals surface area (Å²) in [6.07, 6.45) is 3.84. The van der Waals surface area contributed by atoms with Crippen molar-refractivity contribution in [1.29, 1.82) is 0 Å². The first-order valence-corrected chi connectivity index (χ1v) is 7.12. The molecule has 2 rings (SSSR count). The van der Waals surface area contributed by atoms with E-state index in [4.69, 9.17) is 5.73 Å². The number of carboxylic acid groups (broad SMARTS) is 1. The van der Waals surface area contributed by atoms with Crippen LogP contribution in [-0.4, -0.2) is 52.2 Å². The highest BCUT2D eigenvalue weighted by molar-refractivity contribution is 7.99. The van der Waals surface area contributed by atoms with Gasteiger partial charge in [0, 0.05) is 18.3 Å². The SMILES string of the molecule is NC1CCCN(C2(C(=O)O)CCCSC2)C1. The van der Waals surface area contributed by atoms with Gasteiger partial charge < -0.3 is 10.8 Å². The lowest BCUT2D eigenvalue weighted by Crippen LogP contribution is -2.62. The van der Waals surface area contributed by atoms with Gasteiger partial charge in [-0.15, -0.1) is 0 Å². The van der Waals surface area contributed by atoms with E-state index in [0.717, 1.165) is 50.3 Å². The van der Waals surface area contributed by atoms with Gasteiger partial charge in [-0.1, -0.05) is 0 Å². The van der Waals surface area contributed by atoms with Crippen molar-refractivity contribution in [2.24, 2.45) is 5.73 Å². The number of likely N-dealkylation sites (tertiary alicyclic amines) is 1. The Labute approximate surface area is 101 Å². The second-order valence-corrected chi connectivity index (χ2v) is 5.95. The molecule has 0 radical (unpaired) electrons. The van der Waals surface area contributed by atoms with Crippen LogP contribution in [0.4, 0.5) is 0 Å². The van der Waals surface area contributed by atoms with E-state index in [2.05, 4.69) is 4.90 Å². The van der Waals surface area contributed by atoms with Crippen LogP contribution in [-0.2, 0) is 4.79 Å². The molecule has 2 saturated heterocycles. The van der Waals surface area contributed by atoms with E-state index in [9.17, 15) is 9.90 Å². The molecule has 0 amide bonds. The Bertz CT molecular complexity index is 267. The first-order chi connectivity index (χ1) is 7.65. The molecule has 0 bridgehead atoms. The number of thioether (sulfide) groups is 1. The van der Waals surface area contributed by atoms with Crippen molar-refractivity contribution in [3.63, 3.8) is 0 Å². The summed E-state index contributed by atoms with van der Waals surface area (Å²) >= 11 is 1.76. The van der Waals surface area contributed by atoms with Crippen molar-refractivity contribution < 1.29 is 9.90 Å². The third-order valence-electron chi connectivity index (χ3n) is 3.68. The summed E-state index contributed by atoms with van der Waals surface area (Å²) in [5.41, 5.74) is 5.31. The van der Waals surface area contributed by atoms with Crippen LogP contribution < -0.4 is 5.73 Å². The standard InChI is InChI=1S/C11H20N2O2S/c12-9-3-1-5-13(7-9)11(10(14)15)4-2-6-16-8-11/h9H,1-8,12H2,(H,14,15). The van der Waals surface area contributed by atoms with Gasteiger partial charge in [-0.25, -0.2) is 0 Å². The Balaban J connectivity index is 2.14. The number of rotatable bonds is 2. The Morgan fingerprint density at radius 2 is 2.31 bits per heavy atom. The van der Waals surface area contributed by atoms with Gasteiger partial charge >= 0.3 is 5.97 Å². The van der Waals surface area contributed by atoms with Crippen molar-refractivity contribution in [2.75, 3.05) is 24.6 Å². The highest BCUT2D eigenvalue weighted by Crippen LogP contribution is 2.34. The molecule has 92 valence electrons. The third-order valence-corrected chi connectivity index (χ3v) is 4.94. The first-order valence-electron chi connectivity index (χ1n) is 5.97. The van der Waals surface area contributed by atoms with Gasteiger partial charge in [0.25, 0.3) is 0 Å². The summed E-state index contributed by atoms with van der Waals surface area (Å²) < 4.78 is 0. The topological polar surface area (TPSA) is 66.6 Å². The van der Waals surface area contributed by atoms with Gasteiger partial charge in [-0.05, 0) is 38.0 Å². The maximum absolute atomic E-state index is 11.6. The maximum Gasteiger partial charge on any atom is 0.324 e. The molecule has 0 spiro atoms. The normalized spacial score (nSPS) is 37.2. The van der Waals surface area contributed by atoms with Gasteiger partial charge in [0.1, 0.15) is 5.54 Å². The molecule has 4 nitrogen and oxygen atoms in total. The lowest BCUT2D eigenvalue weighted by molar-refractivity contribution is -0.151. The molecular weight excluding hydrogens is 224 g/mol. The quantitative estimate of drug-likeness (QED) is 0.750. The predicted octanol–water partition coefficient (Wildman–Crippen LogP) is 0.760. The Kier molecular flexibility index (Phi) is 3.77. The van der Waals surface area contributed by atoms with Gasteiger partial charge in [0.2, 0.25) is 0 Å². The average Bonchev–Trinajstić information content (AvgIpc) is 2.30. The van der Waals surface area contributed by atoms with E-state index in [0.29, 0.717) is 0 Å². The van der Waals surface area contributed by atoms with Crippen LogP contribution in [0.3, 0.4) is 0 Å². The number of nitrogens with two attached hydrogens (primary N) is 1. The van der Waals surface area contributed by atoms with E-state index in [1.165, 1.54) is 0 Å². The molecule has 2 aliphatic rings. The van der Waals surface area contributed by atoms with E-state index in [-0.39, 0.29) is 6.04 Å². The van der Waals surface area contributed by atoms with E-state index in [1.807, 2.05) is 0 Å². The minimum absolute atomic E-state index is 0.150. The van der Waals surface area contributed by atoms with Crippen LogP contribution in [0.1, 0.15) is 25.7 Å². The van der Waals surface area contributed by atoms with Crippen LogP contribution in [0.25, 0.3) is 0 Å². The second kappa shape index (κ2) is 4.94. The first kappa shape index (κ1) is 12.2. The summed E-state index contributed by atoms with van der Waals surface area (Å²) in [5.74, 6) is 1.15. The summed E-state index contributed by atoms with van der Waals surface area (Å²) in [5, 5.41) is 9.53. The summed E-state index contributed by atoms with van der Waals surface area (Å²) in [6, 6.07) is 0.150. The van der Waals surface area contributed by atoms with Gasteiger partial charge in [-0.2, -0.15) is 11.8 Å². The van der Waals surface area contributed by atoms with Crippen LogP contribution in [0, 0.1) is 0 Å². The Hall–Kier alpha value is -0.260. The zero-order chi connectivity index (χ0) is 11.6. The molecule has 16 heavy (non-hydrogen) atoms. The van der Waals surface area contributed by atoms with Crippen molar-refractivity contribution >= 4 is 17.7 Å². The van der Waals surface area contributed by atoms with E-state index in [1.54, 1.807) is 11.8 Å². The second-order valence-electron chi connectivity index (χ2n) is 4.84. The molecule has 0 aromatic carbocycles. The summed E-state index contributed by atoms with van der Waals surface area (Å²) in [4.78, 5) is 13.7. The number of hydrogen-bond donors (Lipinski definition) is 2. The number of hydrogen-bond acceptors (Lipinski definition) is 4. The number of carbonyl (C=O) groups is 1. The minimum atomic E-state index is -0.659. The molecular formula is C11H20N2O2S. The Morgan fingerprint density at radius 1 is 1.50 bits per heavy atom. The number of aliphatic carboxylic acids is 1. The van der Waals surface area contributed by atoms with Gasteiger partial charge in [-0.3, -0.25) is 9.69 Å². The molecule has 2 unspecified atom stereocenters. The monoisotopic (exact) mass is 244 g/mol. The molecule has 0 aliphatic carbocycles. The van der Waals surface area contributed by atoms with Crippen LogP contribution >= 0.6 is 11.8 Å². The predicted molar refractivity (Wildman–Crippen MR) is 65.7 cm³/mol. The fourth-order valence-electron chi connectivity index (χ4n) is 2.73. The molecule has 2 heterocycles. The van der Waals surface area contributed by atoms with Crippen molar-refractivity contribution in [3.8, 4) is 0 Å². The van der Waals surface area contributed by atoms with Crippen LogP contribution in [0.5, 0.6) is 0 Å². The molecule has 0 aromatic heterocycles. The molecule has 3 N–H and O–H groups in total. The highest BCUT2D eigenvalue weighted by atomic mass is 32.2. The largest absolute Gasteiger partial charge is 0.480 e. The maximum atomic E-state index is 11.6. The van der Waals surface area contributed by atoms with Gasteiger partial charge in [0.15, 0.2) is 0 Å². The molecule has 2 aliphatic heterocycles. The fourth-order valence-corrected chi connectivity index (χ4v) is 4.01. The molecule has 5 heteroatoms. The molecule has 2 atom stereocenters. The van der Waals surface area contributed by atoms with Gasteiger partial charge in [0.05, 0.1) is 0 Å². The molecule has 2 fully saturated rings.